The number of amides is 1. The molecule has 0 unspecified atom stereocenters. The molecule has 0 aromatic heterocycles. The maximum atomic E-state index is 13.7. The van der Waals surface area contributed by atoms with E-state index in [0.717, 1.165) is 15.6 Å². The second kappa shape index (κ2) is 13.3. The van der Waals surface area contributed by atoms with Gasteiger partial charge in [0.1, 0.15) is 18.0 Å². The molecule has 0 spiro atoms. The first-order valence-electron chi connectivity index (χ1n) is 11.8. The minimum Gasteiger partial charge on any atom is -0.494 e. The highest BCUT2D eigenvalue weighted by atomic mass is 32.2. The molecular weight excluding hydrogens is 510 g/mol. The van der Waals surface area contributed by atoms with E-state index in [0.29, 0.717) is 24.7 Å². The number of nitrogens with one attached hydrogen (secondary N) is 1. The summed E-state index contributed by atoms with van der Waals surface area (Å²) in [5.41, 5.74) is 3.39. The van der Waals surface area contributed by atoms with E-state index in [1.54, 1.807) is 48.5 Å². The third kappa shape index (κ3) is 7.16. The SMILES string of the molecule is CCOc1ccc(/C=N\NC(=O)CN(c2ccc(OCC)cc2)S(=O)(=O)c2ccc(OC)c(OC)c2)cc1. The number of ether oxygens (including phenoxy) is 4. The first kappa shape index (κ1) is 28.3. The van der Waals surface area contributed by atoms with Crippen molar-refractivity contribution in [3.8, 4) is 23.0 Å². The molecule has 1 N–H and O–H groups in total. The number of benzene rings is 3. The minimum atomic E-state index is -4.19. The van der Waals surface area contributed by atoms with Crippen LogP contribution >= 0.6 is 0 Å². The second-order valence-corrected chi connectivity index (χ2v) is 9.61. The van der Waals surface area contributed by atoms with E-state index in [-0.39, 0.29) is 16.3 Å². The number of carbonyl (C=O) groups excluding carboxylic acids is 1. The van der Waals surface area contributed by atoms with Crippen LogP contribution in [0.1, 0.15) is 19.4 Å². The predicted molar refractivity (Wildman–Crippen MR) is 145 cm³/mol. The highest BCUT2D eigenvalue weighted by Gasteiger charge is 2.28. The Morgan fingerprint density at radius 1 is 0.868 bits per heavy atom. The molecule has 0 saturated carbocycles. The van der Waals surface area contributed by atoms with Crippen molar-refractivity contribution in [1.29, 1.82) is 0 Å². The van der Waals surface area contributed by atoms with Gasteiger partial charge in [0.25, 0.3) is 15.9 Å². The van der Waals surface area contributed by atoms with Crippen molar-refractivity contribution in [2.45, 2.75) is 18.7 Å². The number of rotatable bonds is 13. The fourth-order valence-corrected chi connectivity index (χ4v) is 4.89. The molecule has 0 fully saturated rings. The van der Waals surface area contributed by atoms with Gasteiger partial charge in [-0.15, -0.1) is 0 Å². The number of hydrogen-bond donors (Lipinski definition) is 1. The summed E-state index contributed by atoms with van der Waals surface area (Å²) >= 11 is 0. The molecular formula is C27H31N3O7S. The third-order valence-electron chi connectivity index (χ3n) is 5.26. The van der Waals surface area contributed by atoms with Crippen molar-refractivity contribution < 1.29 is 32.2 Å². The van der Waals surface area contributed by atoms with Crippen LogP contribution in [0, 0.1) is 0 Å². The van der Waals surface area contributed by atoms with Gasteiger partial charge in [0, 0.05) is 6.07 Å². The van der Waals surface area contributed by atoms with Crippen molar-refractivity contribution in [3.63, 3.8) is 0 Å². The number of hydrazone groups is 1. The van der Waals surface area contributed by atoms with Gasteiger partial charge in [-0.2, -0.15) is 5.10 Å². The molecule has 0 aliphatic heterocycles. The molecule has 0 saturated heterocycles. The third-order valence-corrected chi connectivity index (χ3v) is 7.03. The van der Waals surface area contributed by atoms with Gasteiger partial charge in [-0.05, 0) is 80.1 Å². The first-order valence-corrected chi connectivity index (χ1v) is 13.3. The number of carbonyl (C=O) groups is 1. The maximum Gasteiger partial charge on any atom is 0.264 e. The summed E-state index contributed by atoms with van der Waals surface area (Å²) in [4.78, 5) is 12.7. The largest absolute Gasteiger partial charge is 0.494 e. The Balaban J connectivity index is 1.85. The maximum absolute atomic E-state index is 13.7. The van der Waals surface area contributed by atoms with Gasteiger partial charge < -0.3 is 18.9 Å². The molecule has 10 nitrogen and oxygen atoms in total. The van der Waals surface area contributed by atoms with Crippen LogP contribution in [0.25, 0.3) is 0 Å². The standard InChI is InChI=1S/C27H31N3O7S/c1-5-36-22-11-7-20(8-12-22)18-28-29-27(31)19-30(21-9-13-23(14-10-21)37-6-2)38(32,33)24-15-16-25(34-3)26(17-24)35-4/h7-18H,5-6,19H2,1-4H3,(H,29,31)/b28-18-. The molecule has 0 radical (unpaired) electrons. The van der Waals surface area contributed by atoms with E-state index in [2.05, 4.69) is 10.5 Å². The molecule has 202 valence electrons. The minimum absolute atomic E-state index is 0.0743. The van der Waals surface area contributed by atoms with Gasteiger partial charge in [0.2, 0.25) is 0 Å². The monoisotopic (exact) mass is 541 g/mol. The predicted octanol–water partition coefficient (Wildman–Crippen LogP) is 3.85. The van der Waals surface area contributed by atoms with Crippen molar-refractivity contribution >= 4 is 27.8 Å². The van der Waals surface area contributed by atoms with Crippen LogP contribution in [-0.2, 0) is 14.8 Å². The number of hydrogen-bond acceptors (Lipinski definition) is 8. The second-order valence-electron chi connectivity index (χ2n) is 7.75. The Bertz CT molecular complexity index is 1340. The topological polar surface area (TPSA) is 116 Å². The van der Waals surface area contributed by atoms with Gasteiger partial charge in [-0.3, -0.25) is 9.10 Å². The fraction of sp³-hybridized carbons (Fsp3) is 0.259. The lowest BCUT2D eigenvalue weighted by atomic mass is 10.2. The summed E-state index contributed by atoms with van der Waals surface area (Å²) in [5.74, 6) is 1.28. The van der Waals surface area contributed by atoms with Gasteiger partial charge in [-0.25, -0.2) is 13.8 Å². The molecule has 0 bridgehead atoms. The number of sulfonamides is 1. The number of anilines is 1. The van der Waals surface area contributed by atoms with Gasteiger partial charge in [-0.1, -0.05) is 0 Å². The van der Waals surface area contributed by atoms with Crippen LogP contribution in [0.15, 0.2) is 76.7 Å². The van der Waals surface area contributed by atoms with E-state index >= 15 is 0 Å². The summed E-state index contributed by atoms with van der Waals surface area (Å²) < 4.78 is 49.7. The van der Waals surface area contributed by atoms with E-state index in [1.807, 2.05) is 13.8 Å². The Labute approximate surface area is 222 Å². The summed E-state index contributed by atoms with van der Waals surface area (Å²) in [6.45, 7) is 4.24. The molecule has 11 heteroatoms. The van der Waals surface area contributed by atoms with Crippen LogP contribution in [0.5, 0.6) is 23.0 Å². The first-order chi connectivity index (χ1) is 18.3. The highest BCUT2D eigenvalue weighted by Crippen LogP contribution is 2.32. The Morgan fingerprint density at radius 2 is 1.45 bits per heavy atom. The summed E-state index contributed by atoms with van der Waals surface area (Å²) in [6.07, 6.45) is 1.46. The van der Waals surface area contributed by atoms with Crippen LogP contribution < -0.4 is 28.7 Å². The van der Waals surface area contributed by atoms with E-state index in [4.69, 9.17) is 18.9 Å². The average Bonchev–Trinajstić information content (AvgIpc) is 2.93. The molecule has 0 heterocycles. The molecule has 0 aliphatic carbocycles. The summed E-state index contributed by atoms with van der Waals surface area (Å²) in [7, 11) is -1.32. The summed E-state index contributed by atoms with van der Waals surface area (Å²) in [5, 5.41) is 3.96. The lowest BCUT2D eigenvalue weighted by molar-refractivity contribution is -0.119. The molecule has 38 heavy (non-hydrogen) atoms. The van der Waals surface area contributed by atoms with Gasteiger partial charge >= 0.3 is 0 Å². The molecule has 0 atom stereocenters. The Morgan fingerprint density at radius 3 is 2.00 bits per heavy atom. The van der Waals surface area contributed by atoms with Gasteiger partial charge in [0.05, 0.1) is 44.2 Å². The molecule has 0 aliphatic rings. The average molecular weight is 542 g/mol. The lowest BCUT2D eigenvalue weighted by Crippen LogP contribution is -2.39. The van der Waals surface area contributed by atoms with Crippen molar-refractivity contribution in [2.75, 3.05) is 38.3 Å². The smallest absolute Gasteiger partial charge is 0.264 e. The van der Waals surface area contributed by atoms with E-state index < -0.39 is 22.5 Å². The normalized spacial score (nSPS) is 11.2. The zero-order valence-corrected chi connectivity index (χ0v) is 22.5. The Kier molecular flexibility index (Phi) is 9.94. The molecule has 3 rings (SSSR count). The van der Waals surface area contributed by atoms with Gasteiger partial charge in [0.15, 0.2) is 11.5 Å². The highest BCUT2D eigenvalue weighted by molar-refractivity contribution is 7.92. The quantitative estimate of drug-likeness (QED) is 0.258. The number of nitrogens with zero attached hydrogens (tertiary/aromatic N) is 2. The van der Waals surface area contributed by atoms with Crippen LogP contribution in [0.2, 0.25) is 0 Å². The lowest BCUT2D eigenvalue weighted by Gasteiger charge is -2.24. The summed E-state index contributed by atoms with van der Waals surface area (Å²) in [6, 6.07) is 17.8. The van der Waals surface area contributed by atoms with Crippen LogP contribution in [0.4, 0.5) is 5.69 Å². The van der Waals surface area contributed by atoms with Crippen LogP contribution in [-0.4, -0.2) is 54.5 Å². The Hall–Kier alpha value is -4.25. The van der Waals surface area contributed by atoms with Crippen molar-refractivity contribution in [2.24, 2.45) is 5.10 Å². The molecule has 1 amide bonds. The number of methoxy groups -OCH3 is 2. The van der Waals surface area contributed by atoms with Crippen molar-refractivity contribution in [1.82, 2.24) is 5.43 Å². The van der Waals surface area contributed by atoms with Crippen LogP contribution in [0.3, 0.4) is 0 Å². The zero-order chi connectivity index (χ0) is 27.5. The fourth-order valence-electron chi connectivity index (χ4n) is 3.46. The van der Waals surface area contributed by atoms with E-state index in [9.17, 15) is 13.2 Å². The molecule has 3 aromatic carbocycles. The zero-order valence-electron chi connectivity index (χ0n) is 21.7. The van der Waals surface area contributed by atoms with Crippen molar-refractivity contribution in [3.05, 3.63) is 72.3 Å². The van der Waals surface area contributed by atoms with E-state index in [1.165, 1.54) is 38.6 Å². The molecule has 3 aromatic rings.